The molecule has 0 saturated heterocycles. The molecule has 0 spiro atoms. The zero-order valence-electron chi connectivity index (χ0n) is 12.0. The lowest BCUT2D eigenvalue weighted by atomic mass is 10.2. The maximum absolute atomic E-state index is 12.8. The molecule has 0 amide bonds. The van der Waals surface area contributed by atoms with E-state index in [-0.39, 0.29) is 10.9 Å². The molecule has 0 aliphatic heterocycles. The van der Waals surface area contributed by atoms with Crippen LogP contribution in [0.15, 0.2) is 35.3 Å². The largest absolute Gasteiger partial charge is 0.273 e. The van der Waals surface area contributed by atoms with Crippen molar-refractivity contribution < 1.29 is 0 Å². The van der Waals surface area contributed by atoms with Crippen molar-refractivity contribution in [3.63, 3.8) is 0 Å². The Kier molecular flexibility index (Phi) is 3.29. The second-order valence-corrected chi connectivity index (χ2v) is 5.67. The average Bonchev–Trinajstić information content (AvgIpc) is 2.77. The Morgan fingerprint density at radius 3 is 2.62 bits per heavy atom. The fourth-order valence-electron chi connectivity index (χ4n) is 2.46. The smallest absolute Gasteiger partial charge is 0.266 e. The number of rotatable bonds is 2. The minimum Gasteiger partial charge on any atom is -0.273 e. The summed E-state index contributed by atoms with van der Waals surface area (Å²) in [6.45, 7) is 3.67. The topological polar surface area (TPSA) is 52.7 Å². The molecule has 3 rings (SSSR count). The molecule has 108 valence electrons. The summed E-state index contributed by atoms with van der Waals surface area (Å²) in [6.07, 6.45) is 1.80. The molecule has 0 aliphatic rings. The Bertz CT molecular complexity index is 879. The lowest BCUT2D eigenvalue weighted by molar-refractivity contribution is 0.756. The first-order valence-corrected chi connectivity index (χ1v) is 7.09. The first kappa shape index (κ1) is 13.8. The van der Waals surface area contributed by atoms with Crippen LogP contribution in [-0.4, -0.2) is 19.3 Å². The van der Waals surface area contributed by atoms with Crippen molar-refractivity contribution in [3.8, 4) is 5.69 Å². The van der Waals surface area contributed by atoms with Gasteiger partial charge in [0.05, 0.1) is 27.7 Å². The quantitative estimate of drug-likeness (QED) is 0.684. The maximum atomic E-state index is 12.8. The molecule has 6 heteroatoms. The van der Waals surface area contributed by atoms with Crippen molar-refractivity contribution in [1.82, 2.24) is 19.3 Å². The summed E-state index contributed by atoms with van der Waals surface area (Å²) in [5.74, 6) is 0.525. The Hall–Kier alpha value is -2.14. The van der Waals surface area contributed by atoms with Crippen LogP contribution in [-0.2, 0) is 7.05 Å². The lowest BCUT2D eigenvalue weighted by Gasteiger charge is -2.14. The SMILES string of the molecule is Cc1nn(C)cc1-n1c(C(C)Cl)nc2ccccc2c1=O. The predicted molar refractivity (Wildman–Crippen MR) is 83.1 cm³/mol. The van der Waals surface area contributed by atoms with Gasteiger partial charge < -0.3 is 0 Å². The second kappa shape index (κ2) is 5.00. The van der Waals surface area contributed by atoms with Gasteiger partial charge in [0.25, 0.3) is 5.56 Å². The highest BCUT2D eigenvalue weighted by molar-refractivity contribution is 6.20. The minimum absolute atomic E-state index is 0.126. The Labute approximate surface area is 126 Å². The van der Waals surface area contributed by atoms with Gasteiger partial charge in [0, 0.05) is 13.2 Å². The van der Waals surface area contributed by atoms with Crippen molar-refractivity contribution in [2.45, 2.75) is 19.2 Å². The van der Waals surface area contributed by atoms with Crippen LogP contribution >= 0.6 is 11.6 Å². The van der Waals surface area contributed by atoms with Crippen molar-refractivity contribution in [3.05, 3.63) is 52.3 Å². The normalized spacial score (nSPS) is 12.8. The summed E-state index contributed by atoms with van der Waals surface area (Å²) in [5.41, 5.74) is 2.00. The summed E-state index contributed by atoms with van der Waals surface area (Å²) < 4.78 is 3.23. The fraction of sp³-hybridized carbons (Fsp3) is 0.267. The lowest BCUT2D eigenvalue weighted by Crippen LogP contribution is -2.24. The third kappa shape index (κ3) is 2.23. The molecule has 1 unspecified atom stereocenters. The van der Waals surface area contributed by atoms with Crippen molar-refractivity contribution in [1.29, 1.82) is 0 Å². The van der Waals surface area contributed by atoms with Gasteiger partial charge >= 0.3 is 0 Å². The molecule has 3 aromatic rings. The molecule has 0 bridgehead atoms. The first-order valence-electron chi connectivity index (χ1n) is 6.65. The second-order valence-electron chi connectivity index (χ2n) is 5.02. The molecule has 5 nitrogen and oxygen atoms in total. The average molecular weight is 303 g/mol. The van der Waals surface area contributed by atoms with E-state index in [4.69, 9.17) is 11.6 Å². The summed E-state index contributed by atoms with van der Waals surface area (Å²) in [4.78, 5) is 17.4. The molecular formula is C15H15ClN4O. The van der Waals surface area contributed by atoms with E-state index in [1.54, 1.807) is 28.4 Å². The standard InChI is InChI=1S/C15H15ClN4O/c1-9(16)14-17-12-7-5-4-6-11(12)15(21)20(14)13-8-19(3)18-10(13)2/h4-9H,1-3H3. The van der Waals surface area contributed by atoms with Crippen LogP contribution in [0.3, 0.4) is 0 Å². The Balaban J connectivity index is 2.45. The van der Waals surface area contributed by atoms with Crippen molar-refractivity contribution in [2.75, 3.05) is 0 Å². The van der Waals surface area contributed by atoms with E-state index in [2.05, 4.69) is 10.1 Å². The Morgan fingerprint density at radius 2 is 2.00 bits per heavy atom. The molecule has 1 atom stereocenters. The van der Waals surface area contributed by atoms with Crippen LogP contribution < -0.4 is 5.56 Å². The van der Waals surface area contributed by atoms with Gasteiger partial charge in [-0.3, -0.25) is 14.0 Å². The zero-order chi connectivity index (χ0) is 15.1. The van der Waals surface area contributed by atoms with Gasteiger partial charge in [-0.05, 0) is 26.0 Å². The minimum atomic E-state index is -0.387. The van der Waals surface area contributed by atoms with Crippen LogP contribution in [0, 0.1) is 6.92 Å². The molecule has 0 radical (unpaired) electrons. The van der Waals surface area contributed by atoms with E-state index < -0.39 is 0 Å². The number of benzene rings is 1. The van der Waals surface area contributed by atoms with Gasteiger partial charge in [-0.15, -0.1) is 11.6 Å². The van der Waals surface area contributed by atoms with Crippen LogP contribution in [0.5, 0.6) is 0 Å². The van der Waals surface area contributed by atoms with E-state index in [1.807, 2.05) is 32.2 Å². The van der Waals surface area contributed by atoms with E-state index in [9.17, 15) is 4.79 Å². The van der Waals surface area contributed by atoms with Crippen LogP contribution in [0.2, 0.25) is 0 Å². The predicted octanol–water partition coefficient (Wildman–Crippen LogP) is 2.73. The summed E-state index contributed by atoms with van der Waals surface area (Å²) in [5, 5.41) is 4.48. The summed E-state index contributed by atoms with van der Waals surface area (Å²) >= 11 is 6.24. The zero-order valence-corrected chi connectivity index (χ0v) is 12.8. The summed E-state index contributed by atoms with van der Waals surface area (Å²) in [6, 6.07) is 7.28. The van der Waals surface area contributed by atoms with Crippen LogP contribution in [0.4, 0.5) is 0 Å². The molecule has 0 fully saturated rings. The van der Waals surface area contributed by atoms with E-state index in [0.29, 0.717) is 22.4 Å². The van der Waals surface area contributed by atoms with Gasteiger partial charge in [0.1, 0.15) is 5.82 Å². The van der Waals surface area contributed by atoms with Crippen LogP contribution in [0.1, 0.15) is 23.8 Å². The Morgan fingerprint density at radius 1 is 1.29 bits per heavy atom. The number of hydrogen-bond donors (Lipinski definition) is 0. The molecule has 0 aliphatic carbocycles. The van der Waals surface area contributed by atoms with Gasteiger partial charge in [-0.25, -0.2) is 4.98 Å². The number of hydrogen-bond acceptors (Lipinski definition) is 3. The number of aromatic nitrogens is 4. The van der Waals surface area contributed by atoms with Gasteiger partial charge in [0.15, 0.2) is 0 Å². The third-order valence-corrected chi connectivity index (χ3v) is 3.58. The van der Waals surface area contributed by atoms with E-state index in [0.717, 1.165) is 5.69 Å². The van der Waals surface area contributed by atoms with Crippen molar-refractivity contribution in [2.24, 2.45) is 7.05 Å². The number of alkyl halides is 1. The molecule has 21 heavy (non-hydrogen) atoms. The highest BCUT2D eigenvalue weighted by Gasteiger charge is 2.18. The van der Waals surface area contributed by atoms with Crippen LogP contribution in [0.25, 0.3) is 16.6 Å². The number of fused-ring (bicyclic) bond motifs is 1. The highest BCUT2D eigenvalue weighted by atomic mass is 35.5. The van der Waals surface area contributed by atoms with Crippen molar-refractivity contribution >= 4 is 22.5 Å². The van der Waals surface area contributed by atoms with E-state index >= 15 is 0 Å². The third-order valence-electron chi connectivity index (χ3n) is 3.39. The van der Waals surface area contributed by atoms with E-state index in [1.165, 1.54) is 0 Å². The molecule has 0 saturated carbocycles. The monoisotopic (exact) mass is 302 g/mol. The maximum Gasteiger partial charge on any atom is 0.266 e. The molecule has 1 aromatic carbocycles. The van der Waals surface area contributed by atoms with Gasteiger partial charge in [-0.1, -0.05) is 12.1 Å². The molecular weight excluding hydrogens is 288 g/mol. The molecule has 2 heterocycles. The summed E-state index contributed by atoms with van der Waals surface area (Å²) in [7, 11) is 1.82. The number of para-hydroxylation sites is 1. The van der Waals surface area contributed by atoms with Gasteiger partial charge in [-0.2, -0.15) is 5.10 Å². The number of aryl methyl sites for hydroxylation is 2. The number of nitrogens with zero attached hydrogens (tertiary/aromatic N) is 4. The molecule has 2 aromatic heterocycles. The number of halogens is 1. The van der Waals surface area contributed by atoms with Gasteiger partial charge in [0.2, 0.25) is 0 Å². The fourth-order valence-corrected chi connectivity index (χ4v) is 2.60. The molecule has 0 N–H and O–H groups in total. The first-order chi connectivity index (χ1) is 9.99. The highest BCUT2D eigenvalue weighted by Crippen LogP contribution is 2.22.